The predicted octanol–water partition coefficient (Wildman–Crippen LogP) is 5.31. The number of H-pyrrole nitrogens is 1. The number of likely N-dealkylation sites (N-methyl/N-ethyl adjacent to an activating group) is 1. The summed E-state index contributed by atoms with van der Waals surface area (Å²) in [6, 6.07) is 16.1. The molecule has 1 aliphatic rings. The van der Waals surface area contributed by atoms with Crippen LogP contribution in [0.5, 0.6) is 5.75 Å². The van der Waals surface area contributed by atoms with Gasteiger partial charge in [-0.15, -0.1) is 0 Å². The molecule has 1 fully saturated rings. The molecule has 11 nitrogen and oxygen atoms in total. The molecule has 1 saturated carbocycles. The zero-order chi connectivity index (χ0) is 32.3. The van der Waals surface area contributed by atoms with Crippen LogP contribution in [0.4, 0.5) is 10.5 Å². The highest BCUT2D eigenvalue weighted by Crippen LogP contribution is 2.38. The Morgan fingerprint density at radius 3 is 2.40 bits per heavy atom. The van der Waals surface area contributed by atoms with Gasteiger partial charge in [0.1, 0.15) is 11.9 Å². The van der Waals surface area contributed by atoms with Gasteiger partial charge in [0.2, 0.25) is 5.91 Å². The number of hydrogen-bond donors (Lipinski definition) is 3. The Balaban J connectivity index is 1.47. The van der Waals surface area contributed by atoms with Gasteiger partial charge in [0.05, 0.1) is 17.9 Å². The molecule has 0 bridgehead atoms. The highest BCUT2D eigenvalue weighted by molar-refractivity contribution is 7.90. The van der Waals surface area contributed by atoms with Gasteiger partial charge in [-0.1, -0.05) is 24.3 Å². The Labute approximate surface area is 262 Å². The Kier molecular flexibility index (Phi) is 9.14. The van der Waals surface area contributed by atoms with Crippen molar-refractivity contribution in [2.45, 2.75) is 49.5 Å². The van der Waals surface area contributed by atoms with Gasteiger partial charge >= 0.3 is 6.09 Å². The number of rotatable bonds is 9. The van der Waals surface area contributed by atoms with E-state index in [-0.39, 0.29) is 28.2 Å². The minimum Gasteiger partial charge on any atom is -0.496 e. The maximum absolute atomic E-state index is 13.7. The average Bonchev–Trinajstić information content (AvgIpc) is 3.67. The van der Waals surface area contributed by atoms with E-state index in [1.165, 1.54) is 30.2 Å². The van der Waals surface area contributed by atoms with Crippen LogP contribution in [0.1, 0.15) is 58.6 Å². The Bertz CT molecular complexity index is 1860. The quantitative estimate of drug-likeness (QED) is 0.226. The molecule has 0 saturated heterocycles. The number of fused-ring (bicyclic) bond motifs is 1. The van der Waals surface area contributed by atoms with E-state index in [0.29, 0.717) is 27.8 Å². The molecule has 5 rings (SSSR count). The normalized spacial score (nSPS) is 14.1. The second-order valence-electron chi connectivity index (χ2n) is 11.3. The molecular weight excluding hydrogens is 596 g/mol. The van der Waals surface area contributed by atoms with Crippen LogP contribution in [0.3, 0.4) is 0 Å². The van der Waals surface area contributed by atoms with Crippen molar-refractivity contribution in [2.24, 2.45) is 0 Å². The fraction of sp³-hybridized carbons (Fsp3) is 0.303. The fourth-order valence-corrected chi connectivity index (χ4v) is 6.86. The molecule has 1 aliphatic carbocycles. The maximum atomic E-state index is 13.7. The minimum atomic E-state index is -4.13. The van der Waals surface area contributed by atoms with Crippen molar-refractivity contribution in [3.8, 4) is 5.75 Å². The first-order valence-electron chi connectivity index (χ1n) is 14.6. The van der Waals surface area contributed by atoms with Crippen molar-refractivity contribution in [2.75, 3.05) is 26.5 Å². The first-order chi connectivity index (χ1) is 21.5. The molecule has 0 radical (unpaired) electrons. The number of amides is 3. The molecule has 4 aromatic rings. The zero-order valence-electron chi connectivity index (χ0n) is 25.5. The molecule has 3 amide bonds. The molecule has 0 aliphatic heterocycles. The number of benzene rings is 3. The number of anilines is 1. The first kappa shape index (κ1) is 31.6. The van der Waals surface area contributed by atoms with Gasteiger partial charge < -0.3 is 19.4 Å². The number of aromatic amines is 1. The molecule has 236 valence electrons. The lowest BCUT2D eigenvalue weighted by atomic mass is 9.88. The molecule has 1 heterocycles. The summed E-state index contributed by atoms with van der Waals surface area (Å²) >= 11 is 0. The van der Waals surface area contributed by atoms with Crippen molar-refractivity contribution in [1.29, 1.82) is 0 Å². The van der Waals surface area contributed by atoms with Gasteiger partial charge in [0.25, 0.3) is 15.9 Å². The number of nitrogens with one attached hydrogen (secondary N) is 3. The summed E-state index contributed by atoms with van der Waals surface area (Å²) in [5, 5.41) is 3.49. The van der Waals surface area contributed by atoms with E-state index in [2.05, 4.69) is 15.0 Å². The van der Waals surface area contributed by atoms with Crippen LogP contribution >= 0.6 is 0 Å². The van der Waals surface area contributed by atoms with Crippen LogP contribution in [0, 0.1) is 6.92 Å². The number of sulfonamides is 1. The third-order valence-corrected chi connectivity index (χ3v) is 9.44. The Morgan fingerprint density at radius 1 is 0.978 bits per heavy atom. The minimum absolute atomic E-state index is 0.00132. The molecule has 3 N–H and O–H groups in total. The molecule has 0 spiro atoms. The molecule has 45 heavy (non-hydrogen) atoms. The lowest BCUT2D eigenvalue weighted by Gasteiger charge is -2.23. The third-order valence-electron chi connectivity index (χ3n) is 7.95. The summed E-state index contributed by atoms with van der Waals surface area (Å²) in [6.45, 7) is 1.64. The van der Waals surface area contributed by atoms with Gasteiger partial charge in [-0.2, -0.15) is 0 Å². The smallest absolute Gasteiger partial charge is 0.411 e. The summed E-state index contributed by atoms with van der Waals surface area (Å²) in [6.07, 6.45) is 4.91. The van der Waals surface area contributed by atoms with E-state index in [9.17, 15) is 22.8 Å². The monoisotopic (exact) mass is 632 g/mol. The third kappa shape index (κ3) is 6.80. The molecule has 12 heteroatoms. The topological polar surface area (TPSA) is 147 Å². The van der Waals surface area contributed by atoms with Crippen LogP contribution < -0.4 is 14.8 Å². The van der Waals surface area contributed by atoms with Crippen LogP contribution in [0.15, 0.2) is 71.8 Å². The van der Waals surface area contributed by atoms with Crippen LogP contribution in [-0.4, -0.2) is 63.5 Å². The number of carbonyl (C=O) groups is 3. The van der Waals surface area contributed by atoms with Crippen molar-refractivity contribution in [3.63, 3.8) is 0 Å². The number of methoxy groups -OCH3 is 1. The lowest BCUT2D eigenvalue weighted by molar-refractivity contribution is -0.129. The summed E-state index contributed by atoms with van der Waals surface area (Å²) in [5.74, 6) is -1.74. The maximum Gasteiger partial charge on any atom is 0.411 e. The van der Waals surface area contributed by atoms with Crippen molar-refractivity contribution >= 4 is 44.5 Å². The number of aryl methyl sites for hydroxylation is 1. The van der Waals surface area contributed by atoms with Crippen LogP contribution in [0.2, 0.25) is 0 Å². The zero-order valence-corrected chi connectivity index (χ0v) is 26.4. The summed E-state index contributed by atoms with van der Waals surface area (Å²) in [4.78, 5) is 44.0. The van der Waals surface area contributed by atoms with E-state index < -0.39 is 27.9 Å². The van der Waals surface area contributed by atoms with Gasteiger partial charge in [-0.25, -0.2) is 17.9 Å². The number of aromatic nitrogens is 1. The van der Waals surface area contributed by atoms with E-state index >= 15 is 0 Å². The second kappa shape index (κ2) is 13.0. The van der Waals surface area contributed by atoms with Gasteiger partial charge in [0.15, 0.2) is 0 Å². The van der Waals surface area contributed by atoms with Crippen molar-refractivity contribution < 1.29 is 32.3 Å². The Hall–Kier alpha value is -4.84. The highest BCUT2D eigenvalue weighted by atomic mass is 32.2. The van der Waals surface area contributed by atoms with E-state index in [1.54, 1.807) is 69.7 Å². The van der Waals surface area contributed by atoms with E-state index in [1.807, 2.05) is 0 Å². The number of carbonyl (C=O) groups excluding carboxylic acids is 3. The highest BCUT2D eigenvalue weighted by Gasteiger charge is 2.31. The van der Waals surface area contributed by atoms with Crippen molar-refractivity contribution in [3.05, 3.63) is 89.1 Å². The molecular formula is C33H36N4O7S. The number of hydrogen-bond acceptors (Lipinski definition) is 7. The van der Waals surface area contributed by atoms with Crippen molar-refractivity contribution in [1.82, 2.24) is 14.6 Å². The first-order valence-corrected chi connectivity index (χ1v) is 16.1. The summed E-state index contributed by atoms with van der Waals surface area (Å²) < 4.78 is 39.2. The van der Waals surface area contributed by atoms with Crippen LogP contribution in [-0.2, 0) is 19.6 Å². The lowest BCUT2D eigenvalue weighted by Crippen LogP contribution is -2.31. The van der Waals surface area contributed by atoms with Gasteiger partial charge in [-0.3, -0.25) is 14.9 Å². The number of nitrogens with zero attached hydrogens (tertiary/aromatic N) is 1. The second-order valence-corrected chi connectivity index (χ2v) is 12.9. The Morgan fingerprint density at radius 2 is 1.71 bits per heavy atom. The molecule has 1 unspecified atom stereocenters. The van der Waals surface area contributed by atoms with Gasteiger partial charge in [-0.05, 0) is 80.1 Å². The SMILES string of the molecule is COc1cc(C(=O)NS(=O)(=O)c2ccccc2C)ccc1C(C(=O)N(C)C)c1c[nH]c2ccc(NC(=O)OC3CCCC3)cc12. The number of ether oxygens (including phenoxy) is 2. The molecule has 1 atom stereocenters. The molecule has 3 aromatic carbocycles. The van der Waals surface area contributed by atoms with Crippen LogP contribution in [0.25, 0.3) is 10.9 Å². The fourth-order valence-electron chi connectivity index (χ4n) is 5.64. The summed E-state index contributed by atoms with van der Waals surface area (Å²) in [5.41, 5.74) is 2.88. The summed E-state index contributed by atoms with van der Waals surface area (Å²) in [7, 11) is 0.559. The van der Waals surface area contributed by atoms with E-state index in [0.717, 1.165) is 31.2 Å². The standard InChI is InChI=1S/C33H36N4O7S/c1-20-9-5-8-12-29(20)45(41,42)36-31(38)21-13-15-24(28(17-21)43-4)30(32(39)37(2)3)26-19-34-27-16-14-22(18-25(26)27)35-33(40)44-23-10-6-7-11-23/h5,8-9,12-19,23,30,34H,6-7,10-11H2,1-4H3,(H,35,40)(H,36,38). The van der Waals surface area contributed by atoms with Gasteiger partial charge in [0, 0.05) is 48.0 Å². The largest absolute Gasteiger partial charge is 0.496 e. The molecule has 1 aromatic heterocycles. The predicted molar refractivity (Wildman–Crippen MR) is 170 cm³/mol. The van der Waals surface area contributed by atoms with E-state index in [4.69, 9.17) is 9.47 Å². The average molecular weight is 633 g/mol.